The highest BCUT2D eigenvalue weighted by atomic mass is 16.1. The highest BCUT2D eigenvalue weighted by Crippen LogP contribution is 2.16. The second-order valence-electron chi connectivity index (χ2n) is 5.73. The Labute approximate surface area is 133 Å². The summed E-state index contributed by atoms with van der Waals surface area (Å²) in [5.74, 6) is -0.0441. The summed E-state index contributed by atoms with van der Waals surface area (Å²) < 4.78 is 0. The largest absolute Gasteiger partial charge is 0.378 e. The number of hydrogen-bond acceptors (Lipinski definition) is 2. The quantitative estimate of drug-likeness (QED) is 0.910. The van der Waals surface area contributed by atoms with E-state index in [0.29, 0.717) is 5.56 Å². The molecule has 1 N–H and O–H groups in total. The van der Waals surface area contributed by atoms with Gasteiger partial charge in [-0.1, -0.05) is 31.2 Å². The summed E-state index contributed by atoms with van der Waals surface area (Å²) >= 11 is 0. The molecule has 3 nitrogen and oxygen atoms in total. The van der Waals surface area contributed by atoms with Gasteiger partial charge >= 0.3 is 0 Å². The molecule has 2 aromatic rings. The van der Waals surface area contributed by atoms with Gasteiger partial charge in [0.1, 0.15) is 0 Å². The van der Waals surface area contributed by atoms with Crippen LogP contribution in [0.1, 0.15) is 41.4 Å². The zero-order valence-electron chi connectivity index (χ0n) is 13.8. The maximum absolute atomic E-state index is 12.3. The molecule has 1 amide bonds. The van der Waals surface area contributed by atoms with Gasteiger partial charge in [0.2, 0.25) is 0 Å². The summed E-state index contributed by atoms with van der Waals surface area (Å²) in [6.45, 7) is 4.14. The maximum Gasteiger partial charge on any atom is 0.251 e. The Bertz CT molecular complexity index is 615. The fourth-order valence-electron chi connectivity index (χ4n) is 2.32. The monoisotopic (exact) mass is 296 g/mol. The van der Waals surface area contributed by atoms with Crippen molar-refractivity contribution >= 4 is 11.6 Å². The number of nitrogens with one attached hydrogen (secondary N) is 1. The van der Waals surface area contributed by atoms with Gasteiger partial charge in [-0.2, -0.15) is 0 Å². The van der Waals surface area contributed by atoms with Crippen molar-refractivity contribution in [2.45, 2.75) is 26.3 Å². The Morgan fingerprint density at radius 3 is 2.14 bits per heavy atom. The van der Waals surface area contributed by atoms with Crippen molar-refractivity contribution < 1.29 is 4.79 Å². The van der Waals surface area contributed by atoms with Gasteiger partial charge in [0.05, 0.1) is 6.04 Å². The van der Waals surface area contributed by atoms with E-state index in [4.69, 9.17) is 0 Å². The van der Waals surface area contributed by atoms with E-state index in [1.165, 1.54) is 5.56 Å². The molecule has 0 aliphatic heterocycles. The van der Waals surface area contributed by atoms with Crippen LogP contribution in [0.5, 0.6) is 0 Å². The fourth-order valence-corrected chi connectivity index (χ4v) is 2.32. The summed E-state index contributed by atoms with van der Waals surface area (Å²) in [4.78, 5) is 14.3. The fraction of sp³-hybridized carbons (Fsp3) is 0.316. The Balaban J connectivity index is 2.03. The predicted octanol–water partition coefficient (Wildman–Crippen LogP) is 3.81. The molecule has 22 heavy (non-hydrogen) atoms. The summed E-state index contributed by atoms with van der Waals surface area (Å²) in [5, 5.41) is 3.05. The minimum absolute atomic E-state index is 0.00747. The molecule has 0 saturated carbocycles. The highest BCUT2D eigenvalue weighted by molar-refractivity contribution is 5.94. The molecular weight excluding hydrogens is 272 g/mol. The number of carbonyl (C=O) groups is 1. The van der Waals surface area contributed by atoms with Crippen molar-refractivity contribution in [3.8, 4) is 0 Å². The first kappa shape index (κ1) is 16.1. The number of nitrogens with zero attached hydrogens (tertiary/aromatic N) is 1. The molecular formula is C19H24N2O. The SMILES string of the molecule is CCc1ccc(C(C)NC(=O)c2ccc(N(C)C)cc2)cc1. The topological polar surface area (TPSA) is 32.3 Å². The van der Waals surface area contributed by atoms with Crippen molar-refractivity contribution in [3.63, 3.8) is 0 Å². The van der Waals surface area contributed by atoms with Crippen LogP contribution in [0, 0.1) is 0 Å². The zero-order chi connectivity index (χ0) is 16.1. The molecule has 1 atom stereocenters. The van der Waals surface area contributed by atoms with Crippen molar-refractivity contribution in [1.29, 1.82) is 0 Å². The average molecular weight is 296 g/mol. The van der Waals surface area contributed by atoms with Gasteiger partial charge in [0.25, 0.3) is 5.91 Å². The lowest BCUT2D eigenvalue weighted by atomic mass is 10.0. The normalized spacial score (nSPS) is 11.8. The van der Waals surface area contributed by atoms with E-state index in [1.807, 2.05) is 50.2 Å². The molecule has 3 heteroatoms. The molecule has 0 spiro atoms. The summed E-state index contributed by atoms with van der Waals surface area (Å²) in [6.07, 6.45) is 1.03. The summed E-state index contributed by atoms with van der Waals surface area (Å²) in [6, 6.07) is 16.0. The lowest BCUT2D eigenvalue weighted by Crippen LogP contribution is -2.26. The second-order valence-corrected chi connectivity index (χ2v) is 5.73. The van der Waals surface area contributed by atoms with Crippen LogP contribution < -0.4 is 10.2 Å². The third-order valence-electron chi connectivity index (χ3n) is 3.88. The van der Waals surface area contributed by atoms with Gasteiger partial charge in [0, 0.05) is 25.3 Å². The Morgan fingerprint density at radius 2 is 1.64 bits per heavy atom. The third-order valence-corrected chi connectivity index (χ3v) is 3.88. The van der Waals surface area contributed by atoms with Crippen LogP contribution in [0.3, 0.4) is 0 Å². The van der Waals surface area contributed by atoms with Gasteiger partial charge in [-0.3, -0.25) is 4.79 Å². The van der Waals surface area contributed by atoms with Crippen LogP contribution >= 0.6 is 0 Å². The molecule has 0 saturated heterocycles. The number of amides is 1. The van der Waals surface area contributed by atoms with E-state index in [2.05, 4.69) is 36.5 Å². The number of anilines is 1. The van der Waals surface area contributed by atoms with E-state index in [0.717, 1.165) is 17.7 Å². The molecule has 0 aromatic heterocycles. The first-order chi connectivity index (χ1) is 10.5. The minimum atomic E-state index is -0.0441. The van der Waals surface area contributed by atoms with Crippen molar-refractivity contribution in [1.82, 2.24) is 5.32 Å². The number of hydrogen-bond donors (Lipinski definition) is 1. The molecule has 0 fully saturated rings. The molecule has 0 bridgehead atoms. The van der Waals surface area contributed by atoms with Crippen LogP contribution in [-0.2, 0) is 6.42 Å². The predicted molar refractivity (Wildman–Crippen MR) is 92.5 cm³/mol. The standard InChI is InChI=1S/C19H24N2O/c1-5-15-6-8-16(9-7-15)14(2)20-19(22)17-10-12-18(13-11-17)21(3)4/h6-14H,5H2,1-4H3,(H,20,22). The molecule has 0 aliphatic rings. The maximum atomic E-state index is 12.3. The molecule has 2 aromatic carbocycles. The first-order valence-corrected chi connectivity index (χ1v) is 7.68. The van der Waals surface area contributed by atoms with Crippen LogP contribution in [-0.4, -0.2) is 20.0 Å². The van der Waals surface area contributed by atoms with Gasteiger partial charge in [0.15, 0.2) is 0 Å². The lowest BCUT2D eigenvalue weighted by molar-refractivity contribution is 0.0940. The number of aryl methyl sites for hydroxylation is 1. The molecule has 2 rings (SSSR count). The number of benzene rings is 2. The smallest absolute Gasteiger partial charge is 0.251 e. The second kappa shape index (κ2) is 7.12. The molecule has 116 valence electrons. The Kier molecular flexibility index (Phi) is 5.21. The van der Waals surface area contributed by atoms with Crippen molar-refractivity contribution in [2.24, 2.45) is 0 Å². The third kappa shape index (κ3) is 3.88. The van der Waals surface area contributed by atoms with E-state index < -0.39 is 0 Å². The molecule has 0 heterocycles. The van der Waals surface area contributed by atoms with Gasteiger partial charge in [-0.15, -0.1) is 0 Å². The number of carbonyl (C=O) groups excluding carboxylic acids is 1. The van der Waals surface area contributed by atoms with E-state index in [-0.39, 0.29) is 11.9 Å². The lowest BCUT2D eigenvalue weighted by Gasteiger charge is -2.16. The van der Waals surface area contributed by atoms with Crippen LogP contribution in [0.15, 0.2) is 48.5 Å². The zero-order valence-corrected chi connectivity index (χ0v) is 13.8. The molecule has 1 unspecified atom stereocenters. The van der Waals surface area contributed by atoms with E-state index in [1.54, 1.807) is 0 Å². The van der Waals surface area contributed by atoms with Gasteiger partial charge < -0.3 is 10.2 Å². The molecule has 0 aliphatic carbocycles. The molecule has 0 radical (unpaired) electrons. The first-order valence-electron chi connectivity index (χ1n) is 7.68. The van der Waals surface area contributed by atoms with E-state index in [9.17, 15) is 4.79 Å². The van der Waals surface area contributed by atoms with Gasteiger partial charge in [-0.05, 0) is 48.7 Å². The van der Waals surface area contributed by atoms with Gasteiger partial charge in [-0.25, -0.2) is 0 Å². The Morgan fingerprint density at radius 1 is 1.05 bits per heavy atom. The van der Waals surface area contributed by atoms with Crippen molar-refractivity contribution in [3.05, 3.63) is 65.2 Å². The van der Waals surface area contributed by atoms with Crippen LogP contribution in [0.4, 0.5) is 5.69 Å². The minimum Gasteiger partial charge on any atom is -0.378 e. The average Bonchev–Trinajstić information content (AvgIpc) is 2.54. The summed E-state index contributed by atoms with van der Waals surface area (Å²) in [7, 11) is 3.97. The highest BCUT2D eigenvalue weighted by Gasteiger charge is 2.11. The summed E-state index contributed by atoms with van der Waals surface area (Å²) in [5.41, 5.74) is 4.19. The van der Waals surface area contributed by atoms with Crippen molar-refractivity contribution in [2.75, 3.05) is 19.0 Å². The number of rotatable bonds is 5. The van der Waals surface area contributed by atoms with E-state index >= 15 is 0 Å². The van der Waals surface area contributed by atoms with Crippen LogP contribution in [0.25, 0.3) is 0 Å². The van der Waals surface area contributed by atoms with Crippen LogP contribution in [0.2, 0.25) is 0 Å². The Hall–Kier alpha value is -2.29.